The van der Waals surface area contributed by atoms with E-state index < -0.39 is 0 Å². The number of aromatic nitrogens is 3. The van der Waals surface area contributed by atoms with E-state index >= 15 is 0 Å². The van der Waals surface area contributed by atoms with Crippen LogP contribution in [0.3, 0.4) is 0 Å². The van der Waals surface area contributed by atoms with E-state index in [1.165, 1.54) is 0 Å². The third kappa shape index (κ3) is 4.38. The van der Waals surface area contributed by atoms with Crippen molar-refractivity contribution in [1.29, 1.82) is 0 Å². The van der Waals surface area contributed by atoms with Crippen LogP contribution in [0.2, 0.25) is 10.0 Å². The van der Waals surface area contributed by atoms with E-state index in [9.17, 15) is 0 Å². The van der Waals surface area contributed by atoms with Crippen LogP contribution in [0.1, 0.15) is 23.9 Å². The number of nitrogens with zero attached hydrogens (tertiary/aromatic N) is 2. The fourth-order valence-electron chi connectivity index (χ4n) is 2.48. The van der Waals surface area contributed by atoms with E-state index in [-0.39, 0.29) is 0 Å². The van der Waals surface area contributed by atoms with Crippen molar-refractivity contribution in [1.82, 2.24) is 14.9 Å². The number of aryl methyl sites for hydroxylation is 1. The molecule has 8 heteroatoms. The minimum atomic E-state index is 0.402. The molecule has 0 spiro atoms. The van der Waals surface area contributed by atoms with Gasteiger partial charge >= 0.3 is 0 Å². The molecular weight excluding hydrogens is 391 g/mol. The first-order chi connectivity index (χ1) is 12.6. The van der Waals surface area contributed by atoms with Crippen molar-refractivity contribution in [2.75, 3.05) is 5.43 Å². The van der Waals surface area contributed by atoms with Crippen LogP contribution in [0.4, 0.5) is 0 Å². The second-order valence-electron chi connectivity index (χ2n) is 5.61. The predicted octanol–water partition coefficient (Wildman–Crippen LogP) is 5.13. The molecule has 3 aromatic rings. The second kappa shape index (κ2) is 8.58. The van der Waals surface area contributed by atoms with Crippen molar-refractivity contribution in [3.8, 4) is 5.75 Å². The lowest BCUT2D eigenvalue weighted by atomic mass is 10.2. The molecule has 0 amide bonds. The number of nitrogens with one attached hydrogen (secondary N) is 2. The summed E-state index contributed by atoms with van der Waals surface area (Å²) < 4.78 is 8.30. The molecule has 136 valence electrons. The summed E-state index contributed by atoms with van der Waals surface area (Å²) in [6.45, 7) is 2.98. The molecule has 0 aliphatic carbocycles. The number of hydrogen-bond acceptors (Lipinski definition) is 4. The molecule has 0 unspecified atom stereocenters. The molecule has 1 aromatic heterocycles. The number of ether oxygens (including phenoxy) is 1. The molecule has 0 saturated heterocycles. The molecule has 0 fully saturated rings. The normalized spacial score (nSPS) is 10.7. The number of para-hydroxylation sites is 1. The number of halogens is 2. The zero-order chi connectivity index (χ0) is 18.5. The summed E-state index contributed by atoms with van der Waals surface area (Å²) in [5.74, 6) is 1.64. The predicted molar refractivity (Wildman–Crippen MR) is 107 cm³/mol. The lowest BCUT2D eigenvalue weighted by Crippen LogP contribution is -2.17. The number of rotatable bonds is 7. The fraction of sp³-hybridized carbons (Fsp3) is 0.222. The zero-order valence-electron chi connectivity index (χ0n) is 14.1. The van der Waals surface area contributed by atoms with E-state index in [4.69, 9.17) is 40.2 Å². The number of aromatic amines is 1. The monoisotopic (exact) mass is 408 g/mol. The van der Waals surface area contributed by atoms with Crippen LogP contribution in [0.5, 0.6) is 5.75 Å². The molecule has 2 N–H and O–H groups in total. The zero-order valence-corrected chi connectivity index (χ0v) is 16.5. The standard InChI is InChI=1S/C18H18Cl2N4OS/c1-2-17-22-23-18(26)24(17)21-10-13-5-3-4-6-16(13)25-11-12-7-8-14(19)15(20)9-12/h3-9,21H,2,10-11H2,1H3,(H,23,26). The molecule has 2 aromatic carbocycles. The van der Waals surface area contributed by atoms with Crippen LogP contribution in [0.15, 0.2) is 42.5 Å². The van der Waals surface area contributed by atoms with Gasteiger partial charge in [0.15, 0.2) is 5.82 Å². The van der Waals surface area contributed by atoms with Gasteiger partial charge in [-0.05, 0) is 36.0 Å². The Kier molecular flexibility index (Phi) is 6.19. The second-order valence-corrected chi connectivity index (χ2v) is 6.81. The van der Waals surface area contributed by atoms with Crippen molar-refractivity contribution in [3.63, 3.8) is 0 Å². The summed E-state index contributed by atoms with van der Waals surface area (Å²) in [6.07, 6.45) is 0.773. The van der Waals surface area contributed by atoms with Gasteiger partial charge in [0.25, 0.3) is 0 Å². The third-order valence-electron chi connectivity index (χ3n) is 3.84. The maximum atomic E-state index is 6.06. The SMILES string of the molecule is CCc1n[nH]c(=S)n1NCc1ccccc1OCc1ccc(Cl)c(Cl)c1. The average molecular weight is 409 g/mol. The minimum absolute atomic E-state index is 0.402. The highest BCUT2D eigenvalue weighted by atomic mass is 35.5. The molecule has 3 rings (SSSR count). The van der Waals surface area contributed by atoms with E-state index in [1.54, 1.807) is 10.7 Å². The Morgan fingerprint density at radius 2 is 2.00 bits per heavy atom. The summed E-state index contributed by atoms with van der Waals surface area (Å²) in [5, 5.41) is 8.03. The van der Waals surface area contributed by atoms with Gasteiger partial charge < -0.3 is 10.2 Å². The fourth-order valence-corrected chi connectivity index (χ4v) is 3.01. The first-order valence-electron chi connectivity index (χ1n) is 8.13. The molecule has 0 aliphatic heterocycles. The maximum absolute atomic E-state index is 6.06. The van der Waals surface area contributed by atoms with Gasteiger partial charge in [-0.2, -0.15) is 5.10 Å². The summed E-state index contributed by atoms with van der Waals surface area (Å²) in [6, 6.07) is 13.3. The van der Waals surface area contributed by atoms with Crippen LogP contribution in [-0.2, 0) is 19.6 Å². The molecule has 0 atom stereocenters. The Balaban J connectivity index is 1.70. The number of hydrogen-bond donors (Lipinski definition) is 2. The summed E-state index contributed by atoms with van der Waals surface area (Å²) in [7, 11) is 0. The van der Waals surface area contributed by atoms with Crippen LogP contribution in [-0.4, -0.2) is 14.9 Å². The number of H-pyrrole nitrogens is 1. The lowest BCUT2D eigenvalue weighted by molar-refractivity contribution is 0.303. The van der Waals surface area contributed by atoms with E-state index in [0.717, 1.165) is 29.1 Å². The summed E-state index contributed by atoms with van der Waals surface area (Å²) >= 11 is 17.3. The highest BCUT2D eigenvalue weighted by molar-refractivity contribution is 7.71. The quantitative estimate of drug-likeness (QED) is 0.531. The highest BCUT2D eigenvalue weighted by Gasteiger charge is 2.07. The van der Waals surface area contributed by atoms with Crippen LogP contribution in [0.25, 0.3) is 0 Å². The minimum Gasteiger partial charge on any atom is -0.489 e. The topological polar surface area (TPSA) is 54.9 Å². The Morgan fingerprint density at radius 3 is 2.77 bits per heavy atom. The van der Waals surface area contributed by atoms with Gasteiger partial charge in [0.1, 0.15) is 12.4 Å². The van der Waals surface area contributed by atoms with Crippen molar-refractivity contribution >= 4 is 35.4 Å². The molecule has 5 nitrogen and oxygen atoms in total. The summed E-state index contributed by atoms with van der Waals surface area (Å²) in [5.41, 5.74) is 5.25. The van der Waals surface area contributed by atoms with Crippen LogP contribution in [0, 0.1) is 4.77 Å². The molecule has 0 aliphatic rings. The third-order valence-corrected chi connectivity index (χ3v) is 4.85. The van der Waals surface area contributed by atoms with Crippen molar-refractivity contribution < 1.29 is 4.74 Å². The van der Waals surface area contributed by atoms with Crippen molar-refractivity contribution in [2.45, 2.75) is 26.5 Å². The van der Waals surface area contributed by atoms with Crippen LogP contribution < -0.4 is 10.2 Å². The van der Waals surface area contributed by atoms with Crippen molar-refractivity contribution in [2.24, 2.45) is 0 Å². The highest BCUT2D eigenvalue weighted by Crippen LogP contribution is 2.24. The molecule has 1 heterocycles. The average Bonchev–Trinajstić information content (AvgIpc) is 3.01. The smallest absolute Gasteiger partial charge is 0.214 e. The van der Waals surface area contributed by atoms with E-state index in [2.05, 4.69) is 15.6 Å². The van der Waals surface area contributed by atoms with Gasteiger partial charge in [-0.3, -0.25) is 5.10 Å². The van der Waals surface area contributed by atoms with E-state index in [0.29, 0.717) is 28.0 Å². The van der Waals surface area contributed by atoms with Gasteiger partial charge in [0.05, 0.1) is 16.6 Å². The first kappa shape index (κ1) is 18.8. The molecule has 26 heavy (non-hydrogen) atoms. The Labute approximate surface area is 166 Å². The summed E-state index contributed by atoms with van der Waals surface area (Å²) in [4.78, 5) is 0. The molecule has 0 saturated carbocycles. The largest absolute Gasteiger partial charge is 0.489 e. The molecule has 0 radical (unpaired) electrons. The first-order valence-corrected chi connectivity index (χ1v) is 9.29. The van der Waals surface area contributed by atoms with Gasteiger partial charge in [0.2, 0.25) is 4.77 Å². The van der Waals surface area contributed by atoms with Gasteiger partial charge in [-0.15, -0.1) is 0 Å². The molecular formula is C18H18Cl2N4OS. The van der Waals surface area contributed by atoms with Gasteiger partial charge in [0, 0.05) is 12.0 Å². The Hall–Kier alpha value is -2.02. The lowest BCUT2D eigenvalue weighted by Gasteiger charge is -2.14. The van der Waals surface area contributed by atoms with Gasteiger partial charge in [-0.25, -0.2) is 4.68 Å². The number of benzene rings is 2. The van der Waals surface area contributed by atoms with Crippen LogP contribution >= 0.6 is 35.4 Å². The maximum Gasteiger partial charge on any atom is 0.214 e. The molecule has 0 bridgehead atoms. The Bertz CT molecular complexity index is 954. The van der Waals surface area contributed by atoms with Crippen molar-refractivity contribution in [3.05, 3.63) is 74.2 Å². The van der Waals surface area contributed by atoms with Gasteiger partial charge in [-0.1, -0.05) is 54.4 Å². The Morgan fingerprint density at radius 1 is 1.19 bits per heavy atom. The van der Waals surface area contributed by atoms with E-state index in [1.807, 2.05) is 43.3 Å².